The highest BCUT2D eigenvalue weighted by Crippen LogP contribution is 2.18. The topological polar surface area (TPSA) is 60.9 Å². The van der Waals surface area contributed by atoms with Gasteiger partial charge in [0.1, 0.15) is 5.82 Å². The number of halogens is 1. The van der Waals surface area contributed by atoms with Crippen LogP contribution in [-0.4, -0.2) is 73.7 Å². The molecule has 1 aromatic rings. The zero-order valence-corrected chi connectivity index (χ0v) is 17.9. The summed E-state index contributed by atoms with van der Waals surface area (Å²) in [6.45, 7) is 8.86. The monoisotopic (exact) mass is 413 g/mol. The summed E-state index contributed by atoms with van der Waals surface area (Å²) >= 11 is 0. The second-order valence-electron chi connectivity index (χ2n) is 7.51. The number of carbonyl (C=O) groups is 1. The van der Waals surface area contributed by atoms with Crippen LogP contribution in [0.15, 0.2) is 29.2 Å². The van der Waals surface area contributed by atoms with Crippen LogP contribution < -0.4 is 0 Å². The number of sulfonamides is 1. The number of hydrogen-bond acceptors (Lipinski definition) is 4. The second-order valence-corrected chi connectivity index (χ2v) is 9.45. The summed E-state index contributed by atoms with van der Waals surface area (Å²) in [5.41, 5.74) is 0. The molecule has 0 radical (unpaired) electrons. The Hall–Kier alpha value is -1.51. The van der Waals surface area contributed by atoms with E-state index < -0.39 is 15.8 Å². The first-order valence-electron chi connectivity index (χ1n) is 10.0. The van der Waals surface area contributed by atoms with E-state index in [2.05, 4.69) is 25.7 Å². The first-order valence-corrected chi connectivity index (χ1v) is 11.5. The fourth-order valence-corrected chi connectivity index (χ4v) is 4.71. The van der Waals surface area contributed by atoms with Crippen LogP contribution in [0, 0.1) is 5.82 Å². The third kappa shape index (κ3) is 5.99. The average Bonchev–Trinajstić information content (AvgIpc) is 2.67. The van der Waals surface area contributed by atoms with Crippen molar-refractivity contribution in [3.63, 3.8) is 0 Å². The molecule has 1 aliphatic heterocycles. The summed E-state index contributed by atoms with van der Waals surface area (Å²) in [4.78, 5) is 16.7. The van der Waals surface area contributed by atoms with Crippen LogP contribution in [0.2, 0.25) is 0 Å². The molecule has 0 saturated carbocycles. The molecule has 1 heterocycles. The van der Waals surface area contributed by atoms with Crippen LogP contribution in [-0.2, 0) is 14.8 Å². The Balaban J connectivity index is 1.91. The van der Waals surface area contributed by atoms with Crippen molar-refractivity contribution >= 4 is 15.9 Å². The Kier molecular flexibility index (Phi) is 8.39. The summed E-state index contributed by atoms with van der Waals surface area (Å²) < 4.78 is 39.8. The summed E-state index contributed by atoms with van der Waals surface area (Å²) in [5.74, 6) is -0.424. The van der Waals surface area contributed by atoms with Crippen molar-refractivity contribution < 1.29 is 17.6 Å². The summed E-state index contributed by atoms with van der Waals surface area (Å²) in [6, 6.07) is 5.14. The zero-order chi connectivity index (χ0) is 20.7. The molecular weight excluding hydrogens is 381 g/mol. The Morgan fingerprint density at radius 2 is 1.71 bits per heavy atom. The van der Waals surface area contributed by atoms with Crippen molar-refractivity contribution in [3.05, 3.63) is 30.1 Å². The zero-order valence-electron chi connectivity index (χ0n) is 17.1. The predicted molar refractivity (Wildman–Crippen MR) is 108 cm³/mol. The maximum absolute atomic E-state index is 13.1. The molecule has 0 aromatic heterocycles. The lowest BCUT2D eigenvalue weighted by Gasteiger charge is -2.36. The third-order valence-corrected chi connectivity index (χ3v) is 7.07. The number of rotatable bonds is 9. The van der Waals surface area contributed by atoms with Gasteiger partial charge >= 0.3 is 0 Å². The molecule has 0 spiro atoms. The molecule has 6 nitrogen and oxygen atoms in total. The van der Waals surface area contributed by atoms with Crippen molar-refractivity contribution in [1.82, 2.24) is 14.1 Å². The fourth-order valence-electron chi connectivity index (χ4n) is 3.29. The molecular formula is C20H32FN3O3S. The summed E-state index contributed by atoms with van der Waals surface area (Å²) in [5, 5.41) is 0. The molecule has 0 N–H and O–H groups in total. The number of benzene rings is 1. The van der Waals surface area contributed by atoms with E-state index in [9.17, 15) is 17.6 Å². The van der Waals surface area contributed by atoms with Gasteiger partial charge in [-0.25, -0.2) is 12.8 Å². The highest BCUT2D eigenvalue weighted by atomic mass is 32.2. The quantitative estimate of drug-likeness (QED) is 0.584. The lowest BCUT2D eigenvalue weighted by atomic mass is 10.2. The molecule has 28 heavy (non-hydrogen) atoms. The third-order valence-electron chi connectivity index (χ3n) is 5.16. The molecule has 1 amide bonds. The van der Waals surface area contributed by atoms with Crippen molar-refractivity contribution in [2.75, 3.05) is 39.3 Å². The highest BCUT2D eigenvalue weighted by molar-refractivity contribution is 7.89. The second kappa shape index (κ2) is 10.3. The van der Waals surface area contributed by atoms with E-state index in [0.29, 0.717) is 25.7 Å². The van der Waals surface area contributed by atoms with Crippen LogP contribution >= 0.6 is 0 Å². The van der Waals surface area contributed by atoms with Gasteiger partial charge in [0.2, 0.25) is 15.9 Å². The first kappa shape index (κ1) is 22.8. The lowest BCUT2D eigenvalue weighted by Crippen LogP contribution is -2.53. The minimum Gasteiger partial charge on any atom is -0.339 e. The number of carbonyl (C=O) groups excluding carboxylic acids is 1. The Morgan fingerprint density at radius 3 is 2.25 bits per heavy atom. The van der Waals surface area contributed by atoms with Gasteiger partial charge in [0.05, 0.1) is 11.4 Å². The highest BCUT2D eigenvalue weighted by Gasteiger charge is 2.30. The molecule has 0 aliphatic carbocycles. The first-order chi connectivity index (χ1) is 13.3. The fraction of sp³-hybridized carbons (Fsp3) is 0.650. The van der Waals surface area contributed by atoms with Gasteiger partial charge in [0, 0.05) is 32.2 Å². The minimum atomic E-state index is -3.66. The molecule has 2 rings (SSSR count). The van der Waals surface area contributed by atoms with E-state index in [4.69, 9.17) is 0 Å². The van der Waals surface area contributed by atoms with Crippen molar-refractivity contribution in [2.24, 2.45) is 0 Å². The van der Waals surface area contributed by atoms with Crippen LogP contribution in [0.1, 0.15) is 40.0 Å². The van der Waals surface area contributed by atoms with Crippen LogP contribution in [0.3, 0.4) is 0 Å². The summed E-state index contributed by atoms with van der Waals surface area (Å²) in [6.07, 6.45) is 3.37. The van der Waals surface area contributed by atoms with Gasteiger partial charge in [-0.15, -0.1) is 0 Å². The van der Waals surface area contributed by atoms with Gasteiger partial charge in [0.15, 0.2) is 0 Å². The van der Waals surface area contributed by atoms with Gasteiger partial charge in [-0.3, -0.25) is 9.69 Å². The molecule has 1 saturated heterocycles. The average molecular weight is 414 g/mol. The minimum absolute atomic E-state index is 0.0454. The number of unbranched alkanes of at least 4 members (excludes halogenated alkanes) is 2. The van der Waals surface area contributed by atoms with Crippen molar-refractivity contribution in [3.8, 4) is 0 Å². The van der Waals surface area contributed by atoms with Crippen molar-refractivity contribution in [1.29, 1.82) is 0 Å². The largest absolute Gasteiger partial charge is 0.339 e. The summed E-state index contributed by atoms with van der Waals surface area (Å²) in [7, 11) is -3.66. The Morgan fingerprint density at radius 1 is 1.11 bits per heavy atom. The van der Waals surface area contributed by atoms with Gasteiger partial charge in [-0.05, 0) is 51.1 Å². The van der Waals surface area contributed by atoms with Gasteiger partial charge < -0.3 is 4.90 Å². The molecule has 0 unspecified atom stereocenters. The van der Waals surface area contributed by atoms with Crippen LogP contribution in [0.5, 0.6) is 0 Å². The molecule has 158 valence electrons. The Labute approximate surface area is 168 Å². The van der Waals surface area contributed by atoms with Crippen molar-refractivity contribution in [2.45, 2.75) is 51.0 Å². The maximum atomic E-state index is 13.1. The molecule has 8 heteroatoms. The van der Waals surface area contributed by atoms with Crippen LogP contribution in [0.4, 0.5) is 4.39 Å². The molecule has 1 aliphatic rings. The van der Waals surface area contributed by atoms with Gasteiger partial charge in [0.25, 0.3) is 0 Å². The lowest BCUT2D eigenvalue weighted by molar-refractivity contribution is -0.134. The molecule has 0 atom stereocenters. The predicted octanol–water partition coefficient (Wildman–Crippen LogP) is 2.56. The van der Waals surface area contributed by atoms with Gasteiger partial charge in [-0.2, -0.15) is 4.31 Å². The van der Waals surface area contributed by atoms with Crippen LogP contribution in [0.25, 0.3) is 0 Å². The Bertz CT molecular complexity index is 730. The van der Waals surface area contributed by atoms with E-state index in [1.54, 1.807) is 4.90 Å². The number of amides is 1. The smallest absolute Gasteiger partial charge is 0.243 e. The number of hydrogen-bond donors (Lipinski definition) is 0. The number of piperazine rings is 1. The maximum Gasteiger partial charge on any atom is 0.243 e. The van der Waals surface area contributed by atoms with E-state index in [1.165, 1.54) is 16.4 Å². The van der Waals surface area contributed by atoms with E-state index in [1.807, 2.05) is 0 Å². The number of nitrogens with zero attached hydrogens (tertiary/aromatic N) is 3. The van der Waals surface area contributed by atoms with E-state index in [0.717, 1.165) is 37.9 Å². The normalized spacial score (nSPS) is 16.1. The molecule has 1 aromatic carbocycles. The molecule has 1 fully saturated rings. The molecule has 0 bridgehead atoms. The van der Waals surface area contributed by atoms with E-state index >= 15 is 0 Å². The van der Waals surface area contributed by atoms with E-state index in [-0.39, 0.29) is 23.9 Å². The SMILES string of the molecule is CCCCCN(CC(=O)N1CCN(S(=O)(=O)c2ccc(F)cc2)CC1)C(C)C. The van der Waals surface area contributed by atoms with Gasteiger partial charge in [-0.1, -0.05) is 19.8 Å². The standard InChI is InChI=1S/C20H32FN3O3S/c1-4-5-6-11-23(17(2)3)16-20(25)22-12-14-24(15-13-22)28(26,27)19-9-7-18(21)8-10-19/h7-10,17H,4-6,11-16H2,1-3H3.